The van der Waals surface area contributed by atoms with E-state index in [2.05, 4.69) is 14.2 Å². The highest BCUT2D eigenvalue weighted by Gasteiger charge is 2.57. The molecule has 0 atom stereocenters. The van der Waals surface area contributed by atoms with Crippen LogP contribution in [0.3, 0.4) is 0 Å². The van der Waals surface area contributed by atoms with Crippen molar-refractivity contribution in [3.8, 4) is 0 Å². The quantitative estimate of drug-likeness (QED) is 0.347. The van der Waals surface area contributed by atoms with Crippen molar-refractivity contribution in [2.45, 2.75) is 11.4 Å². The maximum atomic E-state index is 13.2. The number of rotatable bonds is 5. The molecule has 23 heavy (non-hydrogen) atoms. The van der Waals surface area contributed by atoms with Crippen molar-refractivity contribution in [1.29, 1.82) is 0 Å². The molecule has 0 N–H and O–H groups in total. The highest BCUT2D eigenvalue weighted by molar-refractivity contribution is 7.88. The molecular weight excluding hydrogens is 353 g/mol. The Labute approximate surface area is 126 Å². The van der Waals surface area contributed by atoms with Crippen LogP contribution in [0.5, 0.6) is 0 Å². The lowest BCUT2D eigenvalue weighted by Gasteiger charge is -2.13. The molecule has 0 saturated heterocycles. The van der Waals surface area contributed by atoms with Crippen LogP contribution in [0.4, 0.5) is 22.0 Å². The largest absolute Gasteiger partial charge is 0.478 e. The van der Waals surface area contributed by atoms with E-state index in [4.69, 9.17) is 0 Å². The van der Waals surface area contributed by atoms with Crippen LogP contribution in [0.25, 0.3) is 0 Å². The van der Waals surface area contributed by atoms with Crippen molar-refractivity contribution in [3.05, 3.63) is 35.9 Å². The lowest BCUT2D eigenvalue weighted by Crippen LogP contribution is -2.39. The molecule has 0 heterocycles. The van der Waals surface area contributed by atoms with Gasteiger partial charge in [-0.1, -0.05) is 35.5 Å². The van der Waals surface area contributed by atoms with Crippen molar-refractivity contribution < 1.29 is 44.2 Å². The molecule has 0 amide bonds. The number of hydrogen-bond donors (Lipinski definition) is 0. The first-order valence-electron chi connectivity index (χ1n) is 5.53. The van der Waals surface area contributed by atoms with Gasteiger partial charge in [-0.15, -0.1) is 0 Å². The van der Waals surface area contributed by atoms with Gasteiger partial charge in [-0.25, -0.2) is 4.79 Å². The Morgan fingerprint density at radius 3 is 2.04 bits per heavy atom. The van der Waals surface area contributed by atoms with E-state index < -0.39 is 38.8 Å². The average molecular weight is 361 g/mol. The molecule has 0 fully saturated rings. The number of hydrogen-bond acceptors (Lipinski definition) is 6. The van der Waals surface area contributed by atoms with Crippen molar-refractivity contribution >= 4 is 21.8 Å². The van der Waals surface area contributed by atoms with Gasteiger partial charge in [0.15, 0.2) is 5.71 Å². The smallest absolute Gasteiger partial charge is 0.464 e. The predicted octanol–water partition coefficient (Wildman–Crippen LogP) is 2.07. The summed E-state index contributed by atoms with van der Waals surface area (Å²) in [7, 11) is -5.67. The second kappa shape index (κ2) is 6.48. The van der Waals surface area contributed by atoms with Crippen LogP contribution in [0.2, 0.25) is 0 Å². The summed E-state index contributed by atoms with van der Waals surface area (Å²) >= 11 is 0. The Hall–Kier alpha value is -2.24. The standard InChI is InChI=1S/C11H8F5NO5S/c1-21-9(18)11(15,16)23(19,20)22-17-8(10(12,13)14)7-5-3-2-4-6-7/h2-6H,1H3/b17-8-. The molecule has 0 aliphatic carbocycles. The molecule has 6 nitrogen and oxygen atoms in total. The normalized spacial score (nSPS) is 13.6. The summed E-state index contributed by atoms with van der Waals surface area (Å²) in [5.41, 5.74) is -2.50. The summed E-state index contributed by atoms with van der Waals surface area (Å²) in [6.45, 7) is 0. The second-order valence-corrected chi connectivity index (χ2v) is 5.41. The first kappa shape index (κ1) is 18.8. The minimum atomic E-state index is -6.13. The molecule has 0 aromatic heterocycles. The Kier molecular flexibility index (Phi) is 5.30. The van der Waals surface area contributed by atoms with Gasteiger partial charge in [0.2, 0.25) is 0 Å². The maximum absolute atomic E-state index is 13.2. The predicted molar refractivity (Wildman–Crippen MR) is 66.0 cm³/mol. The maximum Gasteiger partial charge on any atom is 0.478 e. The minimum absolute atomic E-state index is 0.458. The third-order valence-electron chi connectivity index (χ3n) is 2.28. The number of carbonyl (C=O) groups is 1. The van der Waals surface area contributed by atoms with Crippen LogP contribution in [0.15, 0.2) is 35.5 Å². The fourth-order valence-electron chi connectivity index (χ4n) is 1.22. The molecule has 0 bridgehead atoms. The molecular formula is C11H8F5NO5S. The van der Waals surface area contributed by atoms with Gasteiger partial charge in [0, 0.05) is 5.56 Å². The van der Waals surface area contributed by atoms with Gasteiger partial charge in [-0.3, -0.25) is 4.28 Å². The summed E-state index contributed by atoms with van der Waals surface area (Å²) in [6, 6.07) is 5.52. The number of halogens is 5. The topological polar surface area (TPSA) is 82.0 Å². The van der Waals surface area contributed by atoms with Gasteiger partial charge in [-0.05, 0) is 0 Å². The van der Waals surface area contributed by atoms with Crippen molar-refractivity contribution in [3.63, 3.8) is 0 Å². The molecule has 128 valence electrons. The van der Waals surface area contributed by atoms with Crippen molar-refractivity contribution in [2.24, 2.45) is 5.16 Å². The fourth-order valence-corrected chi connectivity index (χ4v) is 1.77. The highest BCUT2D eigenvalue weighted by Crippen LogP contribution is 2.27. The van der Waals surface area contributed by atoms with Gasteiger partial charge in [0.1, 0.15) is 0 Å². The zero-order valence-corrected chi connectivity index (χ0v) is 12.0. The fraction of sp³-hybridized carbons (Fsp3) is 0.273. The van der Waals surface area contributed by atoms with E-state index in [-0.39, 0.29) is 0 Å². The molecule has 0 saturated carbocycles. The summed E-state index contributed by atoms with van der Waals surface area (Å²) in [6.07, 6.45) is -5.20. The number of ether oxygens (including phenoxy) is 1. The second-order valence-electron chi connectivity index (χ2n) is 3.84. The molecule has 0 radical (unpaired) electrons. The summed E-state index contributed by atoms with van der Waals surface area (Å²) in [5, 5.41) is -2.99. The van der Waals surface area contributed by atoms with Crippen molar-refractivity contribution in [2.75, 3.05) is 7.11 Å². The summed E-state index contributed by atoms with van der Waals surface area (Å²) in [4.78, 5) is 10.7. The van der Waals surface area contributed by atoms with E-state index in [1.165, 1.54) is 18.2 Å². The SMILES string of the molecule is COC(=O)C(F)(F)S(=O)(=O)O/N=C(/c1ccccc1)C(F)(F)F. The Morgan fingerprint density at radius 2 is 1.61 bits per heavy atom. The number of alkyl halides is 5. The minimum Gasteiger partial charge on any atom is -0.464 e. The first-order valence-corrected chi connectivity index (χ1v) is 6.94. The van der Waals surface area contributed by atoms with Gasteiger partial charge >= 0.3 is 27.5 Å². The zero-order chi connectivity index (χ0) is 17.9. The molecule has 0 unspecified atom stereocenters. The van der Waals surface area contributed by atoms with Gasteiger partial charge in [0.25, 0.3) is 0 Å². The van der Waals surface area contributed by atoms with E-state index in [1.807, 2.05) is 0 Å². The van der Waals surface area contributed by atoms with E-state index in [0.29, 0.717) is 7.11 Å². The molecule has 0 spiro atoms. The average Bonchev–Trinajstić information content (AvgIpc) is 2.45. The van der Waals surface area contributed by atoms with Crippen LogP contribution in [-0.4, -0.2) is 38.6 Å². The van der Waals surface area contributed by atoms with Crippen LogP contribution in [0, 0.1) is 0 Å². The number of nitrogens with zero attached hydrogens (tertiary/aromatic N) is 1. The van der Waals surface area contributed by atoms with Crippen LogP contribution < -0.4 is 0 Å². The summed E-state index contributed by atoms with van der Waals surface area (Å²) in [5.74, 6) is -2.53. The summed E-state index contributed by atoms with van der Waals surface area (Å²) < 4.78 is 94.1. The number of methoxy groups -OCH3 is 1. The third kappa shape index (κ3) is 4.15. The van der Waals surface area contributed by atoms with Crippen LogP contribution in [0.1, 0.15) is 5.56 Å². The number of oxime groups is 1. The zero-order valence-electron chi connectivity index (χ0n) is 11.2. The van der Waals surface area contributed by atoms with Crippen molar-refractivity contribution in [1.82, 2.24) is 0 Å². The molecule has 0 aliphatic heterocycles. The number of benzene rings is 1. The van der Waals surface area contributed by atoms with E-state index in [1.54, 1.807) is 0 Å². The molecule has 1 aromatic rings. The van der Waals surface area contributed by atoms with E-state index in [0.717, 1.165) is 12.1 Å². The number of esters is 1. The highest BCUT2D eigenvalue weighted by atomic mass is 32.2. The molecule has 12 heteroatoms. The molecule has 0 aliphatic rings. The van der Waals surface area contributed by atoms with Gasteiger partial charge < -0.3 is 4.74 Å². The van der Waals surface area contributed by atoms with Gasteiger partial charge in [0.05, 0.1) is 7.11 Å². The molecule has 1 aromatic carbocycles. The third-order valence-corrected chi connectivity index (χ3v) is 3.34. The van der Waals surface area contributed by atoms with E-state index >= 15 is 0 Å². The van der Waals surface area contributed by atoms with Crippen LogP contribution >= 0.6 is 0 Å². The van der Waals surface area contributed by atoms with E-state index in [9.17, 15) is 35.2 Å². The molecule has 1 rings (SSSR count). The Bertz CT molecular complexity index is 699. The lowest BCUT2D eigenvalue weighted by molar-refractivity contribution is -0.158. The Balaban J connectivity index is 3.24. The Morgan fingerprint density at radius 1 is 1.09 bits per heavy atom. The number of carbonyl (C=O) groups excluding carboxylic acids is 1. The van der Waals surface area contributed by atoms with Gasteiger partial charge in [-0.2, -0.15) is 30.4 Å². The first-order chi connectivity index (χ1) is 10.4. The monoisotopic (exact) mass is 361 g/mol. The lowest BCUT2D eigenvalue weighted by atomic mass is 10.1. The van der Waals surface area contributed by atoms with Crippen LogP contribution in [-0.2, 0) is 23.9 Å².